The van der Waals surface area contributed by atoms with Crippen LogP contribution in [0, 0.1) is 9.49 Å². The molecule has 4 heteroatoms. The zero-order valence-corrected chi connectivity index (χ0v) is 12.2. The molecule has 1 fully saturated rings. The van der Waals surface area contributed by atoms with Gasteiger partial charge in [-0.2, -0.15) is 0 Å². The fourth-order valence-electron chi connectivity index (χ4n) is 2.81. The molecule has 94 valence electrons. The summed E-state index contributed by atoms with van der Waals surface area (Å²) in [4.78, 5) is 11.2. The van der Waals surface area contributed by atoms with Crippen LogP contribution in [-0.4, -0.2) is 15.6 Å². The van der Waals surface area contributed by atoms with E-state index in [0.717, 1.165) is 22.3 Å². The van der Waals surface area contributed by atoms with E-state index < -0.39 is 5.97 Å². The van der Waals surface area contributed by atoms with Gasteiger partial charge in [-0.1, -0.05) is 26.2 Å². The van der Waals surface area contributed by atoms with Gasteiger partial charge in [0.05, 0.1) is 0 Å². The van der Waals surface area contributed by atoms with Crippen LogP contribution >= 0.6 is 22.6 Å². The number of hydrogen-bond donors (Lipinski definition) is 1. The summed E-state index contributed by atoms with van der Waals surface area (Å²) in [5, 5.41) is 9.21. The number of nitrogens with zero attached hydrogens (tertiary/aromatic N) is 1. The maximum Gasteiger partial charge on any atom is 0.352 e. The van der Waals surface area contributed by atoms with Crippen LogP contribution in [0.25, 0.3) is 0 Å². The van der Waals surface area contributed by atoms with E-state index in [4.69, 9.17) is 0 Å². The quantitative estimate of drug-likeness (QED) is 0.842. The summed E-state index contributed by atoms with van der Waals surface area (Å²) in [7, 11) is 0. The number of hydrogen-bond acceptors (Lipinski definition) is 1. The molecule has 1 aliphatic rings. The number of aromatic nitrogens is 1. The second-order valence-corrected chi connectivity index (χ2v) is 6.10. The molecule has 0 bridgehead atoms. The maximum atomic E-state index is 11.2. The molecule has 0 spiro atoms. The first-order valence-electron chi connectivity index (χ1n) is 6.22. The van der Waals surface area contributed by atoms with E-state index in [1.807, 2.05) is 10.8 Å². The largest absolute Gasteiger partial charge is 0.477 e. The smallest absolute Gasteiger partial charge is 0.352 e. The topological polar surface area (TPSA) is 42.2 Å². The van der Waals surface area contributed by atoms with Crippen molar-refractivity contribution in [3.05, 3.63) is 21.5 Å². The van der Waals surface area contributed by atoms with Gasteiger partial charge in [0.2, 0.25) is 0 Å². The fourth-order valence-corrected chi connectivity index (χ4v) is 3.40. The first-order valence-corrected chi connectivity index (χ1v) is 7.30. The normalized spacial score (nSPS) is 24.8. The number of aromatic carboxylic acids is 1. The van der Waals surface area contributed by atoms with Gasteiger partial charge >= 0.3 is 5.97 Å². The minimum absolute atomic E-state index is 0.378. The zero-order valence-electron chi connectivity index (χ0n) is 10.0. The minimum atomic E-state index is -0.813. The fraction of sp³-hybridized carbons (Fsp3) is 0.615. The van der Waals surface area contributed by atoms with Crippen LogP contribution < -0.4 is 0 Å². The predicted octanol–water partition coefficient (Wildman–Crippen LogP) is 3.93. The maximum absolute atomic E-state index is 11.2. The van der Waals surface area contributed by atoms with Gasteiger partial charge in [0.1, 0.15) is 5.69 Å². The summed E-state index contributed by atoms with van der Waals surface area (Å²) >= 11 is 2.19. The lowest BCUT2D eigenvalue weighted by Gasteiger charge is -2.30. The molecule has 3 nitrogen and oxygen atoms in total. The Morgan fingerprint density at radius 3 is 3.00 bits per heavy atom. The summed E-state index contributed by atoms with van der Waals surface area (Å²) in [5.41, 5.74) is 0.441. The van der Waals surface area contributed by atoms with Crippen LogP contribution in [-0.2, 0) is 0 Å². The molecule has 0 aliphatic heterocycles. The summed E-state index contributed by atoms with van der Waals surface area (Å²) in [6.45, 7) is 2.23. The third-order valence-electron chi connectivity index (χ3n) is 3.76. The van der Waals surface area contributed by atoms with Crippen molar-refractivity contribution in [3.63, 3.8) is 0 Å². The molecule has 0 radical (unpaired) electrons. The van der Waals surface area contributed by atoms with E-state index in [-0.39, 0.29) is 0 Å². The summed E-state index contributed by atoms with van der Waals surface area (Å²) in [6, 6.07) is 2.14. The van der Waals surface area contributed by atoms with Gasteiger partial charge < -0.3 is 9.67 Å². The second kappa shape index (κ2) is 5.42. The van der Waals surface area contributed by atoms with Gasteiger partial charge in [0, 0.05) is 15.8 Å². The monoisotopic (exact) mass is 347 g/mol. The predicted molar refractivity (Wildman–Crippen MR) is 75.4 cm³/mol. The Bertz CT molecular complexity index is 414. The number of rotatable bonds is 3. The van der Waals surface area contributed by atoms with E-state index in [1.54, 1.807) is 6.07 Å². The average Bonchev–Trinajstić information content (AvgIpc) is 2.72. The van der Waals surface area contributed by atoms with Gasteiger partial charge in [-0.25, -0.2) is 4.79 Å². The molecular formula is C13H18INO2. The van der Waals surface area contributed by atoms with E-state index >= 15 is 0 Å². The van der Waals surface area contributed by atoms with Crippen molar-refractivity contribution in [1.82, 2.24) is 4.57 Å². The van der Waals surface area contributed by atoms with Crippen molar-refractivity contribution in [2.75, 3.05) is 0 Å². The van der Waals surface area contributed by atoms with E-state index in [1.165, 1.54) is 19.3 Å². The molecule has 1 aromatic heterocycles. The van der Waals surface area contributed by atoms with Gasteiger partial charge in [-0.3, -0.25) is 0 Å². The van der Waals surface area contributed by atoms with Gasteiger partial charge in [0.15, 0.2) is 0 Å². The first-order chi connectivity index (χ1) is 8.11. The lowest BCUT2D eigenvalue weighted by atomic mass is 9.84. The van der Waals surface area contributed by atoms with Gasteiger partial charge in [-0.15, -0.1) is 0 Å². The Balaban J connectivity index is 2.23. The molecule has 1 saturated carbocycles. The molecule has 2 atom stereocenters. The van der Waals surface area contributed by atoms with Crippen molar-refractivity contribution in [1.29, 1.82) is 0 Å². The number of carbonyl (C=O) groups is 1. The first kappa shape index (κ1) is 12.9. The zero-order chi connectivity index (χ0) is 12.4. The minimum Gasteiger partial charge on any atom is -0.477 e. The average molecular weight is 347 g/mol. The van der Waals surface area contributed by atoms with Crippen molar-refractivity contribution in [2.24, 2.45) is 5.92 Å². The van der Waals surface area contributed by atoms with E-state index in [2.05, 4.69) is 29.5 Å². The highest BCUT2D eigenvalue weighted by Gasteiger charge is 2.25. The Hall–Kier alpha value is -0.520. The van der Waals surface area contributed by atoms with Crippen LogP contribution in [0.3, 0.4) is 0 Å². The molecule has 1 aliphatic carbocycles. The Morgan fingerprint density at radius 2 is 2.35 bits per heavy atom. The van der Waals surface area contributed by atoms with Crippen LogP contribution in [0.2, 0.25) is 0 Å². The lowest BCUT2D eigenvalue weighted by molar-refractivity contribution is 0.0679. The third-order valence-corrected chi connectivity index (χ3v) is 4.35. The molecule has 2 rings (SSSR count). The van der Waals surface area contributed by atoms with E-state index in [0.29, 0.717) is 11.7 Å². The van der Waals surface area contributed by atoms with Gasteiger partial charge in [-0.05, 0) is 47.4 Å². The van der Waals surface area contributed by atoms with Crippen LogP contribution in [0.5, 0.6) is 0 Å². The molecule has 0 amide bonds. The van der Waals surface area contributed by atoms with Crippen molar-refractivity contribution in [3.8, 4) is 0 Å². The Kier molecular flexibility index (Phi) is 4.12. The number of halogens is 1. The Morgan fingerprint density at radius 1 is 1.59 bits per heavy atom. The van der Waals surface area contributed by atoms with Gasteiger partial charge in [0.25, 0.3) is 0 Å². The SMILES string of the molecule is CCC1CCCC(n2cc(I)cc2C(=O)O)C1. The molecule has 1 heterocycles. The third kappa shape index (κ3) is 2.84. The number of carboxylic acid groups (broad SMARTS) is 1. The van der Waals surface area contributed by atoms with E-state index in [9.17, 15) is 9.90 Å². The summed E-state index contributed by atoms with van der Waals surface area (Å²) < 4.78 is 2.99. The molecule has 1 N–H and O–H groups in total. The molecule has 2 unspecified atom stereocenters. The standard InChI is InChI=1S/C13H18INO2/c1-2-9-4-3-5-11(6-9)15-8-10(14)7-12(15)13(16)17/h7-9,11H,2-6H2,1H3,(H,16,17). The second-order valence-electron chi connectivity index (χ2n) is 4.85. The lowest BCUT2D eigenvalue weighted by Crippen LogP contribution is -2.21. The highest BCUT2D eigenvalue weighted by Crippen LogP contribution is 2.35. The number of carboxylic acids is 1. The molecule has 17 heavy (non-hydrogen) atoms. The van der Waals surface area contributed by atoms with Crippen LogP contribution in [0.4, 0.5) is 0 Å². The van der Waals surface area contributed by atoms with Crippen molar-refractivity contribution < 1.29 is 9.90 Å². The molecule has 0 aromatic carbocycles. The molecule has 1 aromatic rings. The van der Waals surface area contributed by atoms with Crippen LogP contribution in [0.1, 0.15) is 55.6 Å². The molecule has 0 saturated heterocycles. The van der Waals surface area contributed by atoms with Crippen molar-refractivity contribution in [2.45, 2.75) is 45.1 Å². The van der Waals surface area contributed by atoms with Crippen molar-refractivity contribution >= 4 is 28.6 Å². The highest BCUT2D eigenvalue weighted by atomic mass is 127. The van der Waals surface area contributed by atoms with Crippen LogP contribution in [0.15, 0.2) is 12.3 Å². The molecular weight excluding hydrogens is 329 g/mol. The summed E-state index contributed by atoms with van der Waals surface area (Å²) in [5.74, 6) is -0.0537. The summed E-state index contributed by atoms with van der Waals surface area (Å²) in [6.07, 6.45) is 7.94. The Labute approximate surface area is 115 Å². The highest BCUT2D eigenvalue weighted by molar-refractivity contribution is 14.1.